The predicted molar refractivity (Wildman–Crippen MR) is 203 cm³/mol. The summed E-state index contributed by atoms with van der Waals surface area (Å²) in [7, 11) is -8.90. The number of unbranched alkanes of at least 4 members (excludes halogenated alkanes) is 20. The van der Waals surface area contributed by atoms with Crippen LogP contribution in [0.4, 0.5) is 0 Å². The summed E-state index contributed by atoms with van der Waals surface area (Å²) in [5.74, 6) is -0.705. The van der Waals surface area contributed by atoms with Gasteiger partial charge in [-0.1, -0.05) is 155 Å². The third-order valence-corrected chi connectivity index (χ3v) is 8.01. The summed E-state index contributed by atoms with van der Waals surface area (Å²) in [5, 5.41) is 9.19. The molecule has 0 rings (SSSR count). The van der Waals surface area contributed by atoms with E-state index in [0.717, 1.165) is 44.9 Å². The monoisotopic (exact) mass is 766 g/mol. The maximum absolute atomic E-state index is 11.2. The molecule has 0 aromatic rings. The minimum absolute atomic E-state index is 0. The maximum atomic E-state index is 11.2. The fraction of sp³-hybridized carbons (Fsp3) is 0.912. The van der Waals surface area contributed by atoms with Crippen molar-refractivity contribution in [2.45, 2.75) is 188 Å². The summed E-state index contributed by atoms with van der Waals surface area (Å²) in [6, 6.07) is 0. The quantitative estimate of drug-likeness (QED) is 0.0239. The number of hydrogen-bond donors (Lipinski definition) is 4. The molecule has 0 amide bonds. The van der Waals surface area contributed by atoms with Gasteiger partial charge in [0.25, 0.3) is 0 Å². The first kappa shape index (κ1) is 58.9. The molecule has 0 aliphatic carbocycles. The molecule has 0 saturated heterocycles. The van der Waals surface area contributed by atoms with Gasteiger partial charge in [0.1, 0.15) is 0 Å². The van der Waals surface area contributed by atoms with Crippen molar-refractivity contribution in [1.29, 1.82) is 0 Å². The van der Waals surface area contributed by atoms with Crippen LogP contribution in [-0.2, 0) is 29.8 Å². The molecule has 0 radical (unpaired) electrons. The summed E-state index contributed by atoms with van der Waals surface area (Å²) in [5.41, 5.74) is 0. The molecule has 4 N–H and O–H groups in total. The Labute approximate surface area is 360 Å². The van der Waals surface area contributed by atoms with Crippen LogP contribution in [-0.4, -0.2) is 129 Å². The van der Waals surface area contributed by atoms with Crippen molar-refractivity contribution in [3.05, 3.63) is 12.2 Å². The first-order chi connectivity index (χ1) is 21.8. The number of carboxylic acid groups (broad SMARTS) is 1. The molecule has 1 unspecified atom stereocenters. The summed E-state index contributed by atoms with van der Waals surface area (Å²) >= 11 is 0. The molecule has 0 aliphatic heterocycles. The van der Waals surface area contributed by atoms with Crippen LogP contribution in [0.15, 0.2) is 12.2 Å². The van der Waals surface area contributed by atoms with Gasteiger partial charge in [0, 0.05) is 0 Å². The Hall–Kier alpha value is 1.59. The predicted octanol–water partition coefficient (Wildman–Crippen LogP) is 9.30. The van der Waals surface area contributed by atoms with Crippen molar-refractivity contribution in [1.82, 2.24) is 0 Å². The SMILES string of the molecule is CCCCCCCCC=CCCCCCCC(CCCC)C(=O)O.CCCCCCCCCCCCOS(=O)(=O)O.O=S(=O)(O)O.[KH].[NaH]. The molecule has 48 heavy (non-hydrogen) atoms. The standard InChI is InChI=1S/C22H42O2.C12H26O4S.K.Na.H2O4S.2H/c1-3-5-7-8-9-10-11-12-13-14-15-16-17-18-20-21(22(23)24)19-6-4-2;1-2-3-4-5-6-7-8-9-10-11-12-16-17(13,14)15;;;1-5(2,3)4;;/h12-13,21H,3-11,14-20H2,1-2H3,(H,23,24);2-12H2,1H3,(H,13,14,15);;;(H2,1,2,3,4);;. The zero-order valence-corrected chi connectivity index (χ0v) is 31.0. The van der Waals surface area contributed by atoms with Gasteiger partial charge >= 0.3 is 108 Å². The fourth-order valence-corrected chi connectivity index (χ4v) is 5.21. The minimum atomic E-state index is -4.67. The number of carboxylic acids is 1. The Bertz CT molecular complexity index is 880. The molecule has 0 aliphatic rings. The second kappa shape index (κ2) is 44.7. The summed E-state index contributed by atoms with van der Waals surface area (Å²) in [6.07, 6.45) is 35.8. The summed E-state index contributed by atoms with van der Waals surface area (Å²) in [6.45, 7) is 6.70. The average Bonchev–Trinajstić information content (AvgIpc) is 2.96. The zero-order chi connectivity index (χ0) is 35.4. The Morgan fingerprint density at radius 3 is 1.23 bits per heavy atom. The van der Waals surface area contributed by atoms with E-state index in [-0.39, 0.29) is 93.5 Å². The Kier molecular flexibility index (Phi) is 54.9. The van der Waals surface area contributed by atoms with Gasteiger partial charge in [-0.3, -0.25) is 18.5 Å². The van der Waals surface area contributed by atoms with Crippen LogP contribution >= 0.6 is 0 Å². The average molecular weight is 767 g/mol. The molecule has 0 bridgehead atoms. The zero-order valence-electron chi connectivity index (χ0n) is 29.4. The van der Waals surface area contributed by atoms with Gasteiger partial charge in [-0.15, -0.1) is 0 Å². The van der Waals surface area contributed by atoms with E-state index in [4.69, 9.17) is 22.1 Å². The van der Waals surface area contributed by atoms with Crippen LogP contribution in [0.2, 0.25) is 0 Å². The van der Waals surface area contributed by atoms with E-state index in [9.17, 15) is 18.3 Å². The van der Waals surface area contributed by atoms with Crippen LogP contribution < -0.4 is 0 Å². The molecule has 14 heteroatoms. The van der Waals surface area contributed by atoms with Gasteiger partial charge < -0.3 is 5.11 Å². The van der Waals surface area contributed by atoms with E-state index in [1.807, 2.05) is 0 Å². The molecule has 282 valence electrons. The van der Waals surface area contributed by atoms with Crippen molar-refractivity contribution in [3.8, 4) is 0 Å². The molecule has 10 nitrogen and oxygen atoms in total. The number of rotatable bonds is 30. The Balaban J connectivity index is -0.000000225. The molecular formula is C34H72KNaO10S2. The summed E-state index contributed by atoms with van der Waals surface area (Å²) in [4.78, 5) is 11.2. The van der Waals surface area contributed by atoms with Crippen LogP contribution in [0.1, 0.15) is 188 Å². The van der Waals surface area contributed by atoms with Crippen LogP contribution in [0.3, 0.4) is 0 Å². The van der Waals surface area contributed by atoms with Crippen LogP contribution in [0.25, 0.3) is 0 Å². The fourth-order valence-electron chi connectivity index (χ4n) is 4.88. The molecule has 0 aromatic carbocycles. The van der Waals surface area contributed by atoms with E-state index in [2.05, 4.69) is 37.1 Å². The van der Waals surface area contributed by atoms with Crippen molar-refractivity contribution in [2.24, 2.45) is 5.92 Å². The normalized spacial score (nSPS) is 11.8. The third-order valence-electron chi connectivity index (χ3n) is 7.55. The second-order valence-electron chi connectivity index (χ2n) is 12.1. The van der Waals surface area contributed by atoms with Crippen molar-refractivity contribution in [3.63, 3.8) is 0 Å². The van der Waals surface area contributed by atoms with E-state index >= 15 is 0 Å². The molecule has 0 heterocycles. The van der Waals surface area contributed by atoms with Crippen molar-refractivity contribution < 1.29 is 44.6 Å². The molecule has 0 spiro atoms. The van der Waals surface area contributed by atoms with Gasteiger partial charge in [0.05, 0.1) is 12.5 Å². The molecular weight excluding hydrogens is 695 g/mol. The van der Waals surface area contributed by atoms with Crippen LogP contribution in [0.5, 0.6) is 0 Å². The molecule has 0 saturated carbocycles. The van der Waals surface area contributed by atoms with E-state index in [1.165, 1.54) is 116 Å². The van der Waals surface area contributed by atoms with E-state index in [0.29, 0.717) is 6.42 Å². The molecule has 1 atom stereocenters. The van der Waals surface area contributed by atoms with Gasteiger partial charge in [0.15, 0.2) is 0 Å². The van der Waals surface area contributed by atoms with E-state index in [1.54, 1.807) is 0 Å². The molecule has 0 fully saturated rings. The van der Waals surface area contributed by atoms with Crippen molar-refractivity contribution in [2.75, 3.05) is 6.61 Å². The third kappa shape index (κ3) is 65.9. The van der Waals surface area contributed by atoms with Gasteiger partial charge in [-0.2, -0.15) is 16.8 Å². The van der Waals surface area contributed by atoms with Gasteiger partial charge in [-0.05, 0) is 44.9 Å². The second-order valence-corrected chi connectivity index (χ2v) is 14.1. The Morgan fingerprint density at radius 1 is 0.562 bits per heavy atom. The number of aliphatic carboxylic acids is 1. The molecule has 0 aromatic heterocycles. The van der Waals surface area contributed by atoms with Crippen molar-refractivity contribution >= 4 is 108 Å². The number of allylic oxidation sites excluding steroid dienone is 2. The first-order valence-corrected chi connectivity index (χ1v) is 20.7. The van der Waals surface area contributed by atoms with E-state index < -0.39 is 26.8 Å². The van der Waals surface area contributed by atoms with Crippen LogP contribution in [0, 0.1) is 5.92 Å². The van der Waals surface area contributed by atoms with Gasteiger partial charge in [0.2, 0.25) is 0 Å². The first-order valence-electron chi connectivity index (χ1n) is 18.0. The van der Waals surface area contributed by atoms with Gasteiger partial charge in [-0.25, -0.2) is 4.18 Å². The summed E-state index contributed by atoms with van der Waals surface area (Å²) < 4.78 is 64.6. The Morgan fingerprint density at radius 2 is 0.875 bits per heavy atom. The number of carbonyl (C=O) groups is 1. The topological polar surface area (TPSA) is 175 Å². The number of hydrogen-bond acceptors (Lipinski definition) is 6.